The second kappa shape index (κ2) is 7.75. The number of likely N-dealkylation sites (tertiary alicyclic amines) is 1. The number of carbonyl (C=O) groups is 2. The van der Waals surface area contributed by atoms with Crippen molar-refractivity contribution in [3.05, 3.63) is 46.8 Å². The highest BCUT2D eigenvalue weighted by Crippen LogP contribution is 2.22. The van der Waals surface area contributed by atoms with Crippen LogP contribution < -0.4 is 0 Å². The van der Waals surface area contributed by atoms with Crippen LogP contribution in [0.2, 0.25) is 0 Å². The minimum Gasteiger partial charge on any atom is -0.459 e. The van der Waals surface area contributed by atoms with Gasteiger partial charge in [0.1, 0.15) is 0 Å². The van der Waals surface area contributed by atoms with Crippen LogP contribution in [0.3, 0.4) is 0 Å². The summed E-state index contributed by atoms with van der Waals surface area (Å²) in [5.41, 5.74) is 0.846. The lowest BCUT2D eigenvalue weighted by Crippen LogP contribution is -2.40. The maximum atomic E-state index is 12.3. The molecule has 0 aliphatic carbocycles. The van der Waals surface area contributed by atoms with E-state index in [4.69, 9.17) is 13.7 Å². The minimum absolute atomic E-state index is 0.0298. The smallest absolute Gasteiger partial charge is 0.309 e. The standard InChI is InChI=1S/C18H17N3O5S/c22-17(14-2-1-8-24-14)21-6-3-12(4-7-21)18(23)25-10-15-19-16(26-20-15)13-5-9-27-11-13/h1-2,5,8-9,11-12H,3-4,6-7,10H2. The first-order valence-corrected chi connectivity index (χ1v) is 9.49. The van der Waals surface area contributed by atoms with Gasteiger partial charge < -0.3 is 18.6 Å². The molecule has 0 atom stereocenters. The third-order valence-corrected chi connectivity index (χ3v) is 5.11. The van der Waals surface area contributed by atoms with Gasteiger partial charge in [0, 0.05) is 18.5 Å². The van der Waals surface area contributed by atoms with Crippen LogP contribution >= 0.6 is 11.3 Å². The van der Waals surface area contributed by atoms with Gasteiger partial charge in [-0.1, -0.05) is 5.16 Å². The Balaban J connectivity index is 1.26. The van der Waals surface area contributed by atoms with E-state index in [9.17, 15) is 9.59 Å². The van der Waals surface area contributed by atoms with Gasteiger partial charge in [0.15, 0.2) is 12.4 Å². The topological polar surface area (TPSA) is 98.7 Å². The Labute approximate surface area is 158 Å². The number of esters is 1. The number of aromatic nitrogens is 2. The van der Waals surface area contributed by atoms with E-state index >= 15 is 0 Å². The fourth-order valence-corrected chi connectivity index (χ4v) is 3.57. The zero-order valence-corrected chi connectivity index (χ0v) is 15.2. The highest BCUT2D eigenvalue weighted by Gasteiger charge is 2.29. The Hall–Kier alpha value is -2.94. The number of furan rings is 1. The molecule has 1 saturated heterocycles. The zero-order valence-electron chi connectivity index (χ0n) is 14.4. The van der Waals surface area contributed by atoms with E-state index in [1.165, 1.54) is 17.6 Å². The Morgan fingerprint density at radius 2 is 2.15 bits per heavy atom. The first-order valence-electron chi connectivity index (χ1n) is 8.55. The van der Waals surface area contributed by atoms with Crippen LogP contribution in [-0.2, 0) is 16.1 Å². The normalized spacial score (nSPS) is 15.0. The number of ether oxygens (including phenoxy) is 1. The average Bonchev–Trinajstić information content (AvgIpc) is 3.47. The summed E-state index contributed by atoms with van der Waals surface area (Å²) in [6, 6.07) is 5.20. The van der Waals surface area contributed by atoms with Crippen molar-refractivity contribution in [1.82, 2.24) is 15.0 Å². The number of hydrogen-bond acceptors (Lipinski definition) is 8. The van der Waals surface area contributed by atoms with Crippen LogP contribution in [0.25, 0.3) is 11.5 Å². The predicted molar refractivity (Wildman–Crippen MR) is 94.7 cm³/mol. The lowest BCUT2D eigenvalue weighted by atomic mass is 9.97. The maximum absolute atomic E-state index is 12.3. The van der Waals surface area contributed by atoms with E-state index < -0.39 is 0 Å². The number of nitrogens with zero attached hydrogens (tertiary/aromatic N) is 3. The molecule has 27 heavy (non-hydrogen) atoms. The third kappa shape index (κ3) is 3.92. The van der Waals surface area contributed by atoms with Gasteiger partial charge in [0.2, 0.25) is 5.82 Å². The monoisotopic (exact) mass is 387 g/mol. The summed E-state index contributed by atoms with van der Waals surface area (Å²) in [7, 11) is 0. The highest BCUT2D eigenvalue weighted by atomic mass is 32.1. The summed E-state index contributed by atoms with van der Waals surface area (Å²) in [5, 5.41) is 7.65. The molecule has 1 aliphatic heterocycles. The molecule has 9 heteroatoms. The molecule has 0 bridgehead atoms. The fourth-order valence-electron chi connectivity index (χ4n) is 2.94. The summed E-state index contributed by atoms with van der Waals surface area (Å²) in [4.78, 5) is 30.4. The van der Waals surface area contributed by atoms with Gasteiger partial charge in [-0.15, -0.1) is 0 Å². The Morgan fingerprint density at radius 3 is 2.85 bits per heavy atom. The number of rotatable bonds is 5. The van der Waals surface area contributed by atoms with Crippen LogP contribution in [0.5, 0.6) is 0 Å². The van der Waals surface area contributed by atoms with Crippen molar-refractivity contribution < 1.29 is 23.3 Å². The first kappa shape index (κ1) is 17.5. The van der Waals surface area contributed by atoms with Crippen LogP contribution in [0, 0.1) is 5.92 Å². The van der Waals surface area contributed by atoms with Crippen molar-refractivity contribution in [2.45, 2.75) is 19.4 Å². The van der Waals surface area contributed by atoms with Crippen LogP contribution in [0.1, 0.15) is 29.2 Å². The lowest BCUT2D eigenvalue weighted by Gasteiger charge is -2.30. The molecule has 0 saturated carbocycles. The van der Waals surface area contributed by atoms with E-state index in [0.29, 0.717) is 43.4 Å². The lowest BCUT2D eigenvalue weighted by molar-refractivity contribution is -0.151. The second-order valence-electron chi connectivity index (χ2n) is 6.18. The second-order valence-corrected chi connectivity index (χ2v) is 6.96. The zero-order chi connectivity index (χ0) is 18.6. The largest absolute Gasteiger partial charge is 0.459 e. The molecule has 0 radical (unpaired) electrons. The third-order valence-electron chi connectivity index (χ3n) is 4.43. The number of hydrogen-bond donors (Lipinski definition) is 0. The van der Waals surface area contributed by atoms with Gasteiger partial charge in [0.05, 0.1) is 17.7 Å². The fraction of sp³-hybridized carbons (Fsp3) is 0.333. The molecule has 1 aliphatic rings. The van der Waals surface area contributed by atoms with Gasteiger partial charge in [-0.05, 0) is 36.4 Å². The quantitative estimate of drug-likeness (QED) is 0.621. The summed E-state index contributed by atoms with van der Waals surface area (Å²) < 4.78 is 15.6. The number of thiophene rings is 1. The molecule has 0 N–H and O–H groups in total. The van der Waals surface area contributed by atoms with Gasteiger partial charge >= 0.3 is 5.97 Å². The molecule has 4 heterocycles. The summed E-state index contributed by atoms with van der Waals surface area (Å²) >= 11 is 1.53. The number of piperidine rings is 1. The van der Waals surface area contributed by atoms with E-state index in [1.54, 1.807) is 17.0 Å². The predicted octanol–water partition coefficient (Wildman–Crippen LogP) is 2.99. The molecule has 4 rings (SSSR count). The van der Waals surface area contributed by atoms with Gasteiger partial charge in [-0.3, -0.25) is 9.59 Å². The molecule has 1 amide bonds. The Bertz CT molecular complexity index is 895. The molecule has 1 fully saturated rings. The molecular weight excluding hydrogens is 370 g/mol. The van der Waals surface area contributed by atoms with Crippen LogP contribution in [-0.4, -0.2) is 40.0 Å². The van der Waals surface area contributed by atoms with Gasteiger partial charge in [-0.2, -0.15) is 16.3 Å². The molecule has 0 aromatic carbocycles. The van der Waals surface area contributed by atoms with Crippen molar-refractivity contribution in [2.75, 3.05) is 13.1 Å². The van der Waals surface area contributed by atoms with Crippen molar-refractivity contribution in [3.63, 3.8) is 0 Å². The van der Waals surface area contributed by atoms with Crippen molar-refractivity contribution in [1.29, 1.82) is 0 Å². The van der Waals surface area contributed by atoms with Crippen molar-refractivity contribution in [3.8, 4) is 11.5 Å². The molecule has 3 aromatic rings. The van der Waals surface area contributed by atoms with Gasteiger partial charge in [0.25, 0.3) is 11.8 Å². The van der Waals surface area contributed by atoms with Gasteiger partial charge in [-0.25, -0.2) is 0 Å². The summed E-state index contributed by atoms with van der Waals surface area (Å²) in [5.74, 6) is 0.354. The SMILES string of the molecule is O=C(OCc1noc(-c2ccsc2)n1)C1CCN(C(=O)c2ccco2)CC1. The molecule has 3 aromatic heterocycles. The van der Waals surface area contributed by atoms with E-state index in [0.717, 1.165) is 5.56 Å². The molecule has 140 valence electrons. The summed E-state index contributed by atoms with van der Waals surface area (Å²) in [6.07, 6.45) is 2.58. The number of amides is 1. The van der Waals surface area contributed by atoms with Crippen LogP contribution in [0.15, 0.2) is 44.2 Å². The molecule has 0 unspecified atom stereocenters. The molecule has 0 spiro atoms. The van der Waals surface area contributed by atoms with Crippen molar-refractivity contribution >= 4 is 23.2 Å². The Kier molecular flexibility index (Phi) is 5.01. The average molecular weight is 387 g/mol. The van der Waals surface area contributed by atoms with E-state index in [-0.39, 0.29) is 24.4 Å². The summed E-state index contributed by atoms with van der Waals surface area (Å²) in [6.45, 7) is 0.950. The Morgan fingerprint density at radius 1 is 1.30 bits per heavy atom. The maximum Gasteiger partial charge on any atom is 0.309 e. The highest BCUT2D eigenvalue weighted by molar-refractivity contribution is 7.08. The van der Waals surface area contributed by atoms with E-state index in [1.807, 2.05) is 16.8 Å². The minimum atomic E-state index is -0.304. The van der Waals surface area contributed by atoms with Crippen LogP contribution in [0.4, 0.5) is 0 Å². The van der Waals surface area contributed by atoms with Crippen molar-refractivity contribution in [2.24, 2.45) is 5.92 Å². The van der Waals surface area contributed by atoms with E-state index in [2.05, 4.69) is 10.1 Å². The number of carbonyl (C=O) groups excluding carboxylic acids is 2. The first-order chi connectivity index (χ1) is 13.2. The molecular formula is C18H17N3O5S. The molecule has 8 nitrogen and oxygen atoms in total.